The van der Waals surface area contributed by atoms with Crippen LogP contribution in [0.1, 0.15) is 27.2 Å². The van der Waals surface area contributed by atoms with Crippen LogP contribution in [0.2, 0.25) is 0 Å². The van der Waals surface area contributed by atoms with Crippen molar-refractivity contribution in [3.8, 4) is 0 Å². The Bertz CT molecular complexity index is 229. The monoisotopic (exact) mass is 242 g/mol. The molecule has 0 rings (SSSR count). The summed E-state index contributed by atoms with van der Waals surface area (Å²) in [5, 5.41) is 3.21. The molecule has 100 valence electrons. The first-order valence-corrected chi connectivity index (χ1v) is 6.43. The normalized spacial score (nSPS) is 10.6. The number of nitrogens with one attached hydrogen (secondary N) is 1. The number of carbonyl (C=O) groups is 1. The van der Waals surface area contributed by atoms with Gasteiger partial charge in [0.2, 0.25) is 0 Å². The van der Waals surface area contributed by atoms with Gasteiger partial charge in [0.15, 0.2) is 0 Å². The maximum absolute atomic E-state index is 11.3. The first kappa shape index (κ1) is 16.1. The van der Waals surface area contributed by atoms with Gasteiger partial charge >= 0.3 is 5.97 Å². The van der Waals surface area contributed by atoms with E-state index in [0.717, 1.165) is 26.2 Å². The van der Waals surface area contributed by atoms with Crippen molar-refractivity contribution in [3.05, 3.63) is 12.2 Å². The molecule has 0 aliphatic heterocycles. The second-order valence-corrected chi connectivity index (χ2v) is 3.94. The Hall–Kier alpha value is -0.870. The fourth-order valence-electron chi connectivity index (χ4n) is 1.53. The van der Waals surface area contributed by atoms with Gasteiger partial charge in [0.25, 0.3) is 0 Å². The van der Waals surface area contributed by atoms with E-state index in [1.54, 1.807) is 6.92 Å². The third-order valence-corrected chi connectivity index (χ3v) is 2.49. The molecule has 0 radical (unpaired) electrons. The summed E-state index contributed by atoms with van der Waals surface area (Å²) in [7, 11) is 0. The number of nitrogens with zero attached hydrogens (tertiary/aromatic N) is 1. The molecule has 0 spiro atoms. The molecule has 17 heavy (non-hydrogen) atoms. The summed E-state index contributed by atoms with van der Waals surface area (Å²) >= 11 is 0. The molecule has 0 aromatic carbocycles. The number of rotatable bonds is 10. The zero-order chi connectivity index (χ0) is 13.1. The summed E-state index contributed by atoms with van der Waals surface area (Å²) in [6.07, 6.45) is 1.17. The molecule has 0 bridgehead atoms. The number of esters is 1. The molecule has 0 amide bonds. The lowest BCUT2D eigenvalue weighted by molar-refractivity contribution is -0.138. The van der Waals surface area contributed by atoms with Gasteiger partial charge in [-0.05, 0) is 26.4 Å². The highest BCUT2D eigenvalue weighted by molar-refractivity contribution is 5.88. The molecule has 0 unspecified atom stereocenters. The topological polar surface area (TPSA) is 41.6 Å². The molecule has 0 atom stereocenters. The van der Waals surface area contributed by atoms with Gasteiger partial charge in [0, 0.05) is 25.2 Å². The smallest absolute Gasteiger partial charge is 0.334 e. The molecule has 0 saturated carbocycles. The maximum Gasteiger partial charge on any atom is 0.334 e. The summed E-state index contributed by atoms with van der Waals surface area (Å²) in [5.41, 5.74) is 0.491. The number of likely N-dealkylation sites (N-methyl/N-ethyl adjacent to an activating group) is 1. The molecule has 4 nitrogen and oxygen atoms in total. The largest absolute Gasteiger partial charge is 0.463 e. The molecule has 0 aliphatic carbocycles. The standard InChI is InChI=1S/C13H26N2O2/c1-5-9-15(6-2)10-8-14-11-12(4)13(16)17-7-3/h14H,4-11H2,1-3H3. The Balaban J connectivity index is 3.62. The highest BCUT2D eigenvalue weighted by atomic mass is 16.5. The van der Waals surface area contributed by atoms with Crippen molar-refractivity contribution in [1.29, 1.82) is 0 Å². The van der Waals surface area contributed by atoms with Crippen LogP contribution in [0.25, 0.3) is 0 Å². The van der Waals surface area contributed by atoms with E-state index in [1.165, 1.54) is 6.42 Å². The molecule has 4 heteroatoms. The SMILES string of the molecule is C=C(CNCCN(CC)CCC)C(=O)OCC. The van der Waals surface area contributed by atoms with E-state index in [0.29, 0.717) is 18.7 Å². The zero-order valence-corrected chi connectivity index (χ0v) is 11.4. The Labute approximate surface area is 105 Å². The number of hydrogen-bond donors (Lipinski definition) is 1. The minimum absolute atomic E-state index is 0.305. The van der Waals surface area contributed by atoms with E-state index >= 15 is 0 Å². The summed E-state index contributed by atoms with van der Waals surface area (Å²) < 4.78 is 4.85. The number of carbonyl (C=O) groups excluding carboxylic acids is 1. The van der Waals surface area contributed by atoms with Gasteiger partial charge in [-0.2, -0.15) is 0 Å². The van der Waals surface area contributed by atoms with Crippen molar-refractivity contribution in [2.24, 2.45) is 0 Å². The van der Waals surface area contributed by atoms with Gasteiger partial charge in [0.05, 0.1) is 6.61 Å². The summed E-state index contributed by atoms with van der Waals surface area (Å²) in [5.74, 6) is -0.305. The van der Waals surface area contributed by atoms with Crippen molar-refractivity contribution in [3.63, 3.8) is 0 Å². The molecule has 0 aromatic heterocycles. The lowest BCUT2D eigenvalue weighted by Gasteiger charge is -2.19. The van der Waals surface area contributed by atoms with Crippen LogP contribution in [0.4, 0.5) is 0 Å². The van der Waals surface area contributed by atoms with Crippen LogP contribution >= 0.6 is 0 Å². The average molecular weight is 242 g/mol. The van der Waals surface area contributed by atoms with Crippen LogP contribution in [-0.2, 0) is 9.53 Å². The minimum Gasteiger partial charge on any atom is -0.463 e. The van der Waals surface area contributed by atoms with Crippen molar-refractivity contribution in [2.75, 3.05) is 39.3 Å². The quantitative estimate of drug-likeness (QED) is 0.357. The Morgan fingerprint density at radius 1 is 1.29 bits per heavy atom. The molecule has 0 aliphatic rings. The van der Waals surface area contributed by atoms with Crippen LogP contribution in [0.5, 0.6) is 0 Å². The van der Waals surface area contributed by atoms with Gasteiger partial charge in [-0.1, -0.05) is 20.4 Å². The van der Waals surface area contributed by atoms with E-state index in [4.69, 9.17) is 4.74 Å². The van der Waals surface area contributed by atoms with Gasteiger partial charge in [-0.15, -0.1) is 0 Å². The first-order valence-electron chi connectivity index (χ1n) is 6.43. The van der Waals surface area contributed by atoms with Gasteiger partial charge in [-0.25, -0.2) is 4.79 Å². The number of ether oxygens (including phenoxy) is 1. The minimum atomic E-state index is -0.305. The third-order valence-electron chi connectivity index (χ3n) is 2.49. The maximum atomic E-state index is 11.3. The second-order valence-electron chi connectivity index (χ2n) is 3.94. The molecule has 0 saturated heterocycles. The highest BCUT2D eigenvalue weighted by Crippen LogP contribution is 1.93. The summed E-state index contributed by atoms with van der Waals surface area (Å²) in [6, 6.07) is 0. The van der Waals surface area contributed by atoms with E-state index in [1.807, 2.05) is 0 Å². The van der Waals surface area contributed by atoms with E-state index in [-0.39, 0.29) is 5.97 Å². The molecular weight excluding hydrogens is 216 g/mol. The van der Waals surface area contributed by atoms with Crippen molar-refractivity contribution >= 4 is 5.97 Å². The van der Waals surface area contributed by atoms with Gasteiger partial charge in [0.1, 0.15) is 0 Å². The Kier molecular flexibility index (Phi) is 9.77. The fraction of sp³-hybridized carbons (Fsp3) is 0.769. The van der Waals surface area contributed by atoms with Crippen molar-refractivity contribution < 1.29 is 9.53 Å². The highest BCUT2D eigenvalue weighted by Gasteiger charge is 2.07. The van der Waals surface area contributed by atoms with Crippen molar-refractivity contribution in [1.82, 2.24) is 10.2 Å². The van der Waals surface area contributed by atoms with Gasteiger partial charge < -0.3 is 15.0 Å². The predicted molar refractivity (Wildman–Crippen MR) is 71.0 cm³/mol. The second kappa shape index (κ2) is 10.3. The molecular formula is C13H26N2O2. The van der Waals surface area contributed by atoms with Crippen LogP contribution in [0.15, 0.2) is 12.2 Å². The Morgan fingerprint density at radius 2 is 2.00 bits per heavy atom. The summed E-state index contributed by atoms with van der Waals surface area (Å²) in [4.78, 5) is 13.6. The lowest BCUT2D eigenvalue weighted by atomic mass is 10.3. The average Bonchev–Trinajstić information content (AvgIpc) is 2.33. The van der Waals surface area contributed by atoms with Crippen LogP contribution in [0.3, 0.4) is 0 Å². The molecule has 1 N–H and O–H groups in total. The van der Waals surface area contributed by atoms with Crippen LogP contribution in [0, 0.1) is 0 Å². The van der Waals surface area contributed by atoms with Gasteiger partial charge in [-0.3, -0.25) is 0 Å². The molecule has 0 heterocycles. The molecule has 0 aromatic rings. The summed E-state index contributed by atoms with van der Waals surface area (Å²) in [6.45, 7) is 14.8. The van der Waals surface area contributed by atoms with E-state index in [9.17, 15) is 4.79 Å². The lowest BCUT2D eigenvalue weighted by Crippen LogP contribution is -2.34. The van der Waals surface area contributed by atoms with E-state index in [2.05, 4.69) is 30.6 Å². The van der Waals surface area contributed by atoms with Crippen molar-refractivity contribution in [2.45, 2.75) is 27.2 Å². The fourth-order valence-corrected chi connectivity index (χ4v) is 1.53. The number of hydrogen-bond acceptors (Lipinski definition) is 4. The molecule has 0 fully saturated rings. The van der Waals surface area contributed by atoms with Crippen LogP contribution in [-0.4, -0.2) is 50.2 Å². The van der Waals surface area contributed by atoms with Crippen LogP contribution < -0.4 is 5.32 Å². The predicted octanol–water partition coefficient (Wildman–Crippen LogP) is 1.43. The Morgan fingerprint density at radius 3 is 2.53 bits per heavy atom. The van der Waals surface area contributed by atoms with E-state index < -0.39 is 0 Å². The first-order chi connectivity index (χ1) is 8.15. The zero-order valence-electron chi connectivity index (χ0n) is 11.4. The third kappa shape index (κ3) is 7.94.